The molecule has 0 bridgehead atoms. The Balaban J connectivity index is 1.85. The van der Waals surface area contributed by atoms with Crippen LogP contribution in [0, 0.1) is 0 Å². The predicted molar refractivity (Wildman–Crippen MR) is 63.5 cm³/mol. The molecule has 2 aliphatic rings. The highest BCUT2D eigenvalue weighted by Gasteiger charge is 2.31. The number of hydrazone groups is 1. The Morgan fingerprint density at radius 2 is 2.29 bits per heavy atom. The lowest BCUT2D eigenvalue weighted by molar-refractivity contribution is -0.116. The minimum absolute atomic E-state index is 0.206. The van der Waals surface area contributed by atoms with Gasteiger partial charge >= 0.3 is 0 Å². The van der Waals surface area contributed by atoms with Crippen LogP contribution in [0.1, 0.15) is 18.5 Å². The van der Waals surface area contributed by atoms with Crippen LogP contribution >= 0.6 is 11.6 Å². The number of aromatic amines is 1. The molecule has 6 heteroatoms. The van der Waals surface area contributed by atoms with Crippen molar-refractivity contribution in [1.82, 2.24) is 10.4 Å². The molecule has 0 radical (unpaired) electrons. The van der Waals surface area contributed by atoms with Crippen LogP contribution in [0.4, 0.5) is 0 Å². The van der Waals surface area contributed by atoms with Gasteiger partial charge in [0.15, 0.2) is 0 Å². The van der Waals surface area contributed by atoms with E-state index in [1.165, 1.54) is 0 Å². The highest BCUT2D eigenvalue weighted by atomic mass is 35.5. The molecule has 5 nitrogen and oxygen atoms in total. The van der Waals surface area contributed by atoms with Crippen molar-refractivity contribution in [3.05, 3.63) is 28.6 Å². The fraction of sp³-hybridized carbons (Fsp3) is 0.273. The van der Waals surface area contributed by atoms with E-state index in [-0.39, 0.29) is 12.0 Å². The fourth-order valence-electron chi connectivity index (χ4n) is 1.50. The molecule has 1 aromatic rings. The molecule has 0 spiro atoms. The highest BCUT2D eigenvalue weighted by molar-refractivity contribution is 6.29. The van der Waals surface area contributed by atoms with Gasteiger partial charge in [-0.25, -0.2) is 5.43 Å². The number of carbonyl (C=O) groups excluding carboxylic acids is 1. The zero-order chi connectivity index (χ0) is 11.8. The van der Waals surface area contributed by atoms with E-state index in [4.69, 9.17) is 16.3 Å². The van der Waals surface area contributed by atoms with Crippen LogP contribution in [0.3, 0.4) is 0 Å². The highest BCUT2D eigenvalue weighted by Crippen LogP contribution is 2.26. The van der Waals surface area contributed by atoms with E-state index in [2.05, 4.69) is 15.5 Å². The van der Waals surface area contributed by atoms with Crippen LogP contribution in [-0.4, -0.2) is 22.9 Å². The Morgan fingerprint density at radius 3 is 2.94 bits per heavy atom. The number of halogens is 1. The first-order valence-corrected chi connectivity index (χ1v) is 5.71. The zero-order valence-corrected chi connectivity index (χ0v) is 9.62. The second kappa shape index (κ2) is 3.92. The van der Waals surface area contributed by atoms with Crippen molar-refractivity contribution in [2.75, 3.05) is 0 Å². The minimum atomic E-state index is -0.258. The molecule has 2 heterocycles. The predicted octanol–water partition coefficient (Wildman–Crippen LogP) is 1.67. The molecular weight excluding hydrogens is 242 g/mol. The molecule has 88 valence electrons. The Bertz CT molecular complexity index is 529. The second-order valence-corrected chi connectivity index (χ2v) is 4.40. The molecule has 2 N–H and O–H groups in total. The summed E-state index contributed by atoms with van der Waals surface area (Å²) in [5.41, 5.74) is 3.56. The summed E-state index contributed by atoms with van der Waals surface area (Å²) >= 11 is 5.77. The van der Waals surface area contributed by atoms with Gasteiger partial charge in [-0.3, -0.25) is 4.79 Å². The van der Waals surface area contributed by atoms with Crippen LogP contribution in [0.2, 0.25) is 5.15 Å². The van der Waals surface area contributed by atoms with Crippen molar-refractivity contribution in [2.24, 2.45) is 5.10 Å². The lowest BCUT2D eigenvalue weighted by Gasteiger charge is -2.02. The van der Waals surface area contributed by atoms with Crippen LogP contribution < -0.4 is 5.43 Å². The van der Waals surface area contributed by atoms with Gasteiger partial charge in [0.2, 0.25) is 5.90 Å². The number of ether oxygens (including phenoxy) is 1. The van der Waals surface area contributed by atoms with Crippen LogP contribution in [0.25, 0.3) is 6.08 Å². The van der Waals surface area contributed by atoms with Gasteiger partial charge in [0, 0.05) is 5.69 Å². The minimum Gasteiger partial charge on any atom is -0.473 e. The largest absolute Gasteiger partial charge is 0.473 e. The smallest absolute Gasteiger partial charge is 0.277 e. The standard InChI is InChI=1S/C11H10ClN3O2/c12-9-4-1-6(13-9)5-8-10(16)14-15-11(8)17-7-2-3-7/h1,4-5,7,13H,2-3H2,(H,14,16)/b8-5-. The van der Waals surface area contributed by atoms with Crippen molar-refractivity contribution >= 4 is 29.5 Å². The Hall–Kier alpha value is -1.75. The topological polar surface area (TPSA) is 66.5 Å². The van der Waals surface area contributed by atoms with Gasteiger partial charge in [-0.05, 0) is 31.1 Å². The molecule has 1 aliphatic carbocycles. The van der Waals surface area contributed by atoms with Crippen molar-refractivity contribution in [3.8, 4) is 0 Å². The monoisotopic (exact) mass is 251 g/mol. The molecule has 1 amide bonds. The number of rotatable bonds is 2. The van der Waals surface area contributed by atoms with Crippen molar-refractivity contribution in [2.45, 2.75) is 18.9 Å². The van der Waals surface area contributed by atoms with Gasteiger partial charge in [-0.15, -0.1) is 5.10 Å². The normalized spacial score (nSPS) is 21.6. The zero-order valence-electron chi connectivity index (χ0n) is 8.87. The summed E-state index contributed by atoms with van der Waals surface area (Å²) < 4.78 is 5.54. The molecule has 0 atom stereocenters. The molecule has 1 fully saturated rings. The number of H-pyrrole nitrogens is 1. The van der Waals surface area contributed by atoms with E-state index in [0.717, 1.165) is 18.5 Å². The van der Waals surface area contributed by atoms with Gasteiger partial charge in [0.05, 0.1) is 0 Å². The third-order valence-corrected chi connectivity index (χ3v) is 2.73. The van der Waals surface area contributed by atoms with Gasteiger partial charge in [0.25, 0.3) is 5.91 Å². The first-order chi connectivity index (χ1) is 8.22. The molecule has 0 saturated heterocycles. The summed E-state index contributed by atoms with van der Waals surface area (Å²) in [5.74, 6) is 0.106. The summed E-state index contributed by atoms with van der Waals surface area (Å²) in [6.07, 6.45) is 3.93. The van der Waals surface area contributed by atoms with E-state index in [0.29, 0.717) is 16.6 Å². The summed E-state index contributed by atoms with van der Waals surface area (Å²) in [6, 6.07) is 3.51. The van der Waals surface area contributed by atoms with Gasteiger partial charge in [-0.1, -0.05) is 11.6 Å². The van der Waals surface area contributed by atoms with Gasteiger partial charge in [-0.2, -0.15) is 0 Å². The molecule has 0 aromatic carbocycles. The molecule has 0 unspecified atom stereocenters. The number of hydrogen-bond acceptors (Lipinski definition) is 3. The SMILES string of the molecule is O=C1NN=C(OC2CC2)/C1=C\c1ccc(Cl)[nH]1. The number of hydrogen-bond donors (Lipinski definition) is 2. The average Bonchev–Trinajstić information content (AvgIpc) is 2.93. The van der Waals surface area contributed by atoms with E-state index in [1.54, 1.807) is 18.2 Å². The number of amides is 1. The lowest BCUT2D eigenvalue weighted by Crippen LogP contribution is -2.14. The number of aromatic nitrogens is 1. The first-order valence-electron chi connectivity index (χ1n) is 5.33. The molecule has 1 aromatic heterocycles. The molecular formula is C11H10ClN3O2. The maximum Gasteiger partial charge on any atom is 0.277 e. The number of nitrogens with one attached hydrogen (secondary N) is 2. The van der Waals surface area contributed by atoms with Gasteiger partial charge in [0.1, 0.15) is 16.8 Å². The Morgan fingerprint density at radius 1 is 1.47 bits per heavy atom. The average molecular weight is 252 g/mol. The molecule has 17 heavy (non-hydrogen) atoms. The molecule has 1 aliphatic heterocycles. The molecule has 1 saturated carbocycles. The fourth-order valence-corrected chi connectivity index (χ4v) is 1.68. The van der Waals surface area contributed by atoms with Crippen molar-refractivity contribution in [1.29, 1.82) is 0 Å². The summed E-state index contributed by atoms with van der Waals surface area (Å²) in [4.78, 5) is 14.5. The van der Waals surface area contributed by atoms with Crippen molar-refractivity contribution < 1.29 is 9.53 Å². The first kappa shape index (κ1) is 10.4. The van der Waals surface area contributed by atoms with Crippen LogP contribution in [0.5, 0.6) is 0 Å². The molecule has 3 rings (SSSR count). The maximum atomic E-state index is 11.6. The Labute approximate surface area is 102 Å². The van der Waals surface area contributed by atoms with Crippen LogP contribution in [-0.2, 0) is 9.53 Å². The van der Waals surface area contributed by atoms with E-state index in [1.807, 2.05) is 0 Å². The summed E-state index contributed by atoms with van der Waals surface area (Å²) in [6.45, 7) is 0. The number of nitrogens with zero attached hydrogens (tertiary/aromatic N) is 1. The van der Waals surface area contributed by atoms with E-state index in [9.17, 15) is 4.79 Å². The third kappa shape index (κ3) is 2.19. The summed E-state index contributed by atoms with van der Waals surface area (Å²) in [7, 11) is 0. The van der Waals surface area contributed by atoms with Crippen molar-refractivity contribution in [3.63, 3.8) is 0 Å². The van der Waals surface area contributed by atoms with E-state index >= 15 is 0 Å². The third-order valence-electron chi connectivity index (χ3n) is 2.51. The summed E-state index contributed by atoms with van der Waals surface area (Å²) in [5, 5.41) is 4.39. The maximum absolute atomic E-state index is 11.6. The van der Waals surface area contributed by atoms with Crippen LogP contribution in [0.15, 0.2) is 22.8 Å². The quantitative estimate of drug-likeness (QED) is 0.786. The van der Waals surface area contributed by atoms with Gasteiger partial charge < -0.3 is 9.72 Å². The van der Waals surface area contributed by atoms with E-state index < -0.39 is 0 Å². The second-order valence-electron chi connectivity index (χ2n) is 3.99. The Kier molecular flexibility index (Phi) is 2.40. The number of carbonyl (C=O) groups is 1. The lowest BCUT2D eigenvalue weighted by atomic mass is 10.2.